The molecule has 1 N–H and O–H groups in total. The van der Waals surface area contributed by atoms with Crippen molar-refractivity contribution >= 4 is 15.9 Å². The molecule has 0 saturated heterocycles. The molecule has 1 unspecified atom stereocenters. The Morgan fingerprint density at radius 2 is 1.95 bits per heavy atom. The van der Waals surface area contributed by atoms with E-state index in [2.05, 4.69) is 39.9 Å². The first-order chi connectivity index (χ1) is 9.38. The second kappa shape index (κ2) is 6.06. The van der Waals surface area contributed by atoms with E-state index in [0.717, 1.165) is 22.4 Å². The maximum absolute atomic E-state index is 10.7. The first-order valence-electron chi connectivity index (χ1n) is 6.73. The Balaban J connectivity index is 2.19. The highest BCUT2D eigenvalue weighted by molar-refractivity contribution is 9.10. The fourth-order valence-electron chi connectivity index (χ4n) is 2.14. The molecule has 2 rings (SSSR count). The molecule has 0 aliphatic heterocycles. The lowest BCUT2D eigenvalue weighted by atomic mass is 9.92. The van der Waals surface area contributed by atoms with Gasteiger partial charge in [-0.3, -0.25) is 0 Å². The number of aliphatic hydroxyl groups is 1. The van der Waals surface area contributed by atoms with Crippen LogP contribution >= 0.6 is 15.9 Å². The third-order valence-electron chi connectivity index (χ3n) is 3.20. The number of aromatic nitrogens is 3. The van der Waals surface area contributed by atoms with Crippen LogP contribution in [-0.4, -0.2) is 19.9 Å². The van der Waals surface area contributed by atoms with E-state index in [0.29, 0.717) is 12.3 Å². The smallest absolute Gasteiger partial charge is 0.138 e. The van der Waals surface area contributed by atoms with Crippen LogP contribution in [0.5, 0.6) is 0 Å². The molecule has 4 nitrogen and oxygen atoms in total. The number of benzene rings is 1. The van der Waals surface area contributed by atoms with Crippen molar-refractivity contribution in [1.82, 2.24) is 14.8 Å². The SMILES string of the molecule is CC(C)Cn1ncnc1CC(C)(O)c1ccc(Br)cc1. The lowest BCUT2D eigenvalue weighted by Gasteiger charge is -2.24. The highest BCUT2D eigenvalue weighted by Crippen LogP contribution is 2.26. The molecule has 0 fully saturated rings. The first kappa shape index (κ1) is 15.2. The number of halogens is 1. The average molecular weight is 338 g/mol. The maximum Gasteiger partial charge on any atom is 0.138 e. The number of rotatable bonds is 5. The molecule has 1 aromatic heterocycles. The van der Waals surface area contributed by atoms with Gasteiger partial charge in [0.1, 0.15) is 12.2 Å². The van der Waals surface area contributed by atoms with E-state index in [1.165, 1.54) is 0 Å². The van der Waals surface area contributed by atoms with Crippen LogP contribution < -0.4 is 0 Å². The van der Waals surface area contributed by atoms with Gasteiger partial charge in [-0.25, -0.2) is 9.67 Å². The molecule has 0 saturated carbocycles. The van der Waals surface area contributed by atoms with Crippen molar-refractivity contribution in [2.75, 3.05) is 0 Å². The van der Waals surface area contributed by atoms with Crippen molar-refractivity contribution in [3.8, 4) is 0 Å². The van der Waals surface area contributed by atoms with E-state index in [9.17, 15) is 5.11 Å². The molecule has 20 heavy (non-hydrogen) atoms. The quantitative estimate of drug-likeness (QED) is 0.911. The molecular weight excluding hydrogens is 318 g/mol. The fourth-order valence-corrected chi connectivity index (χ4v) is 2.41. The largest absolute Gasteiger partial charge is 0.385 e. The summed E-state index contributed by atoms with van der Waals surface area (Å²) < 4.78 is 2.87. The molecule has 108 valence electrons. The van der Waals surface area contributed by atoms with Crippen LogP contribution in [0.1, 0.15) is 32.2 Å². The Morgan fingerprint density at radius 3 is 2.55 bits per heavy atom. The molecule has 1 aromatic carbocycles. The molecule has 1 heterocycles. The Labute approximate surface area is 128 Å². The number of nitrogens with zero attached hydrogens (tertiary/aromatic N) is 3. The molecule has 0 spiro atoms. The van der Waals surface area contributed by atoms with Crippen molar-refractivity contribution in [2.45, 2.75) is 39.3 Å². The van der Waals surface area contributed by atoms with Crippen LogP contribution in [0.25, 0.3) is 0 Å². The van der Waals surface area contributed by atoms with E-state index in [1.807, 2.05) is 35.9 Å². The van der Waals surface area contributed by atoms with Gasteiger partial charge in [0.2, 0.25) is 0 Å². The minimum atomic E-state index is -0.956. The molecule has 5 heteroatoms. The van der Waals surface area contributed by atoms with Gasteiger partial charge in [0.05, 0.1) is 5.60 Å². The van der Waals surface area contributed by atoms with E-state index in [1.54, 1.807) is 6.33 Å². The predicted molar refractivity (Wildman–Crippen MR) is 82.3 cm³/mol. The van der Waals surface area contributed by atoms with Gasteiger partial charge in [-0.15, -0.1) is 0 Å². The topological polar surface area (TPSA) is 50.9 Å². The molecule has 0 aliphatic rings. The zero-order valence-electron chi connectivity index (χ0n) is 12.0. The van der Waals surface area contributed by atoms with Gasteiger partial charge in [-0.05, 0) is 30.5 Å². The van der Waals surface area contributed by atoms with Gasteiger partial charge >= 0.3 is 0 Å². The van der Waals surface area contributed by atoms with E-state index >= 15 is 0 Å². The average Bonchev–Trinajstić information content (AvgIpc) is 2.75. The Hall–Kier alpha value is -1.20. The highest BCUT2D eigenvalue weighted by atomic mass is 79.9. The maximum atomic E-state index is 10.7. The zero-order chi connectivity index (χ0) is 14.8. The molecule has 2 aromatic rings. The monoisotopic (exact) mass is 337 g/mol. The molecule has 0 aliphatic carbocycles. The fraction of sp³-hybridized carbons (Fsp3) is 0.467. The third-order valence-corrected chi connectivity index (χ3v) is 3.73. The normalized spacial score (nSPS) is 14.5. The standard InChI is InChI=1S/C15H20BrN3O/c1-11(2)9-19-14(17-10-18-19)8-15(3,20)12-4-6-13(16)7-5-12/h4-7,10-11,20H,8-9H2,1-3H3. The van der Waals surface area contributed by atoms with E-state index in [-0.39, 0.29) is 0 Å². The molecule has 1 atom stereocenters. The summed E-state index contributed by atoms with van der Waals surface area (Å²) in [5.74, 6) is 1.31. The minimum Gasteiger partial charge on any atom is -0.385 e. The van der Waals surface area contributed by atoms with Crippen molar-refractivity contribution in [3.63, 3.8) is 0 Å². The van der Waals surface area contributed by atoms with Crippen LogP contribution in [0.4, 0.5) is 0 Å². The van der Waals surface area contributed by atoms with Gasteiger partial charge in [-0.2, -0.15) is 5.10 Å². The van der Waals surface area contributed by atoms with Crippen molar-refractivity contribution in [2.24, 2.45) is 5.92 Å². The lowest BCUT2D eigenvalue weighted by Crippen LogP contribution is -2.26. The summed E-state index contributed by atoms with van der Waals surface area (Å²) in [6.45, 7) is 6.90. The van der Waals surface area contributed by atoms with Crippen LogP contribution in [0.3, 0.4) is 0 Å². The van der Waals surface area contributed by atoms with Crippen molar-refractivity contribution < 1.29 is 5.11 Å². The van der Waals surface area contributed by atoms with Gasteiger partial charge in [0.15, 0.2) is 0 Å². The summed E-state index contributed by atoms with van der Waals surface area (Å²) in [6, 6.07) is 7.71. The van der Waals surface area contributed by atoms with Gasteiger partial charge < -0.3 is 5.11 Å². The van der Waals surface area contributed by atoms with Gasteiger partial charge in [0, 0.05) is 17.4 Å². The zero-order valence-corrected chi connectivity index (χ0v) is 13.6. The summed E-state index contributed by atoms with van der Waals surface area (Å²) in [7, 11) is 0. The molecule has 0 amide bonds. The predicted octanol–water partition coefficient (Wildman–Crippen LogP) is 3.15. The van der Waals surface area contributed by atoms with E-state index < -0.39 is 5.60 Å². The third kappa shape index (κ3) is 3.67. The van der Waals surface area contributed by atoms with E-state index in [4.69, 9.17) is 0 Å². The van der Waals surface area contributed by atoms with Gasteiger partial charge in [0.25, 0.3) is 0 Å². The highest BCUT2D eigenvalue weighted by Gasteiger charge is 2.26. The molecular formula is C15H20BrN3O. The summed E-state index contributed by atoms with van der Waals surface area (Å²) in [5, 5.41) is 14.9. The Morgan fingerprint density at radius 1 is 1.30 bits per heavy atom. The van der Waals surface area contributed by atoms with Gasteiger partial charge in [-0.1, -0.05) is 41.9 Å². The second-order valence-electron chi connectivity index (χ2n) is 5.71. The summed E-state index contributed by atoms with van der Waals surface area (Å²) in [4.78, 5) is 4.28. The lowest BCUT2D eigenvalue weighted by molar-refractivity contribution is 0.0540. The van der Waals surface area contributed by atoms with Crippen molar-refractivity contribution in [1.29, 1.82) is 0 Å². The molecule has 0 bridgehead atoms. The summed E-state index contributed by atoms with van der Waals surface area (Å²) >= 11 is 3.40. The number of hydrogen-bond acceptors (Lipinski definition) is 3. The van der Waals surface area contributed by atoms with Crippen LogP contribution in [0.2, 0.25) is 0 Å². The van der Waals surface area contributed by atoms with Crippen molar-refractivity contribution in [3.05, 3.63) is 46.5 Å². The molecule has 0 radical (unpaired) electrons. The Bertz CT molecular complexity index is 561. The Kier molecular flexibility index (Phi) is 4.60. The van der Waals surface area contributed by atoms with Crippen LogP contribution in [-0.2, 0) is 18.6 Å². The van der Waals surface area contributed by atoms with Crippen LogP contribution in [0.15, 0.2) is 35.1 Å². The second-order valence-corrected chi connectivity index (χ2v) is 6.63. The number of hydrogen-bond donors (Lipinski definition) is 1. The summed E-state index contributed by atoms with van der Waals surface area (Å²) in [5.41, 5.74) is -0.0811. The first-order valence-corrected chi connectivity index (χ1v) is 7.53. The summed E-state index contributed by atoms with van der Waals surface area (Å²) in [6.07, 6.45) is 2.00. The minimum absolute atomic E-state index is 0.446. The van der Waals surface area contributed by atoms with Crippen LogP contribution in [0, 0.1) is 5.92 Å².